The Morgan fingerprint density at radius 1 is 1.29 bits per heavy atom. The minimum absolute atomic E-state index is 0.447. The minimum atomic E-state index is 0.447. The van der Waals surface area contributed by atoms with Crippen molar-refractivity contribution in [3.8, 4) is 17.5 Å². The Bertz CT molecular complexity index is 624. The zero-order valence-electron chi connectivity index (χ0n) is 11.9. The van der Waals surface area contributed by atoms with Crippen LogP contribution in [0.25, 0.3) is 11.5 Å². The van der Waals surface area contributed by atoms with Crippen LogP contribution in [0.15, 0.2) is 29.1 Å². The van der Waals surface area contributed by atoms with E-state index in [2.05, 4.69) is 21.4 Å². The van der Waals surface area contributed by atoms with E-state index >= 15 is 0 Å². The molecule has 0 unspecified atom stereocenters. The molecule has 108 valence electrons. The summed E-state index contributed by atoms with van der Waals surface area (Å²) in [6.45, 7) is 0.864. The first-order valence-electron chi connectivity index (χ1n) is 7.41. The molecule has 5 nitrogen and oxygen atoms in total. The summed E-state index contributed by atoms with van der Waals surface area (Å²) in [5.74, 6) is 1.87. The zero-order chi connectivity index (χ0) is 14.5. The lowest BCUT2D eigenvalue weighted by Gasteiger charge is -2.22. The Labute approximate surface area is 124 Å². The van der Waals surface area contributed by atoms with Gasteiger partial charge in [0.2, 0.25) is 0 Å². The number of hydrogen-bond acceptors (Lipinski definition) is 5. The molecule has 0 radical (unpaired) electrons. The molecule has 0 aliphatic heterocycles. The monoisotopic (exact) mass is 282 g/mol. The Morgan fingerprint density at radius 2 is 2.14 bits per heavy atom. The third-order valence-electron chi connectivity index (χ3n) is 4.00. The predicted molar refractivity (Wildman–Crippen MR) is 79.5 cm³/mol. The maximum atomic E-state index is 9.42. The maximum Gasteiger partial charge on any atom is 0.153 e. The number of hydrogen-bond donors (Lipinski definition) is 1. The lowest BCUT2D eigenvalue weighted by Crippen LogP contribution is -2.18. The summed E-state index contributed by atoms with van der Waals surface area (Å²) in [5.41, 5.74) is 0.993. The molecule has 0 amide bonds. The maximum absolute atomic E-state index is 9.42. The van der Waals surface area contributed by atoms with Gasteiger partial charge in [-0.15, -0.1) is 0 Å². The molecule has 0 bridgehead atoms. The van der Waals surface area contributed by atoms with Gasteiger partial charge in [0.25, 0.3) is 0 Å². The van der Waals surface area contributed by atoms with Gasteiger partial charge in [-0.05, 0) is 30.9 Å². The molecular weight excluding hydrogens is 264 g/mol. The van der Waals surface area contributed by atoms with Crippen LogP contribution in [0.5, 0.6) is 0 Å². The highest BCUT2D eigenvalue weighted by Crippen LogP contribution is 2.27. The molecule has 0 atom stereocenters. The fourth-order valence-corrected chi connectivity index (χ4v) is 2.86. The van der Waals surface area contributed by atoms with Crippen molar-refractivity contribution in [2.24, 2.45) is 5.92 Å². The molecule has 1 aliphatic carbocycles. The van der Waals surface area contributed by atoms with Crippen LogP contribution in [0.3, 0.4) is 0 Å². The van der Waals surface area contributed by atoms with Gasteiger partial charge in [0.1, 0.15) is 29.5 Å². The standard InChI is InChI=1S/C16H18N4O/c17-9-13-15(14-7-4-8-21-14)19-11-20-16(13)18-10-12-5-2-1-3-6-12/h4,7-8,11-12H,1-3,5-6,10H2,(H,18,19,20). The molecule has 1 N–H and O–H groups in total. The van der Waals surface area contributed by atoms with E-state index in [-0.39, 0.29) is 0 Å². The van der Waals surface area contributed by atoms with Crippen molar-refractivity contribution in [1.82, 2.24) is 9.97 Å². The van der Waals surface area contributed by atoms with Crippen LogP contribution in [0.4, 0.5) is 5.82 Å². The van der Waals surface area contributed by atoms with Crippen LogP contribution in [-0.4, -0.2) is 16.5 Å². The van der Waals surface area contributed by atoms with Gasteiger partial charge in [-0.1, -0.05) is 19.3 Å². The highest BCUT2D eigenvalue weighted by Gasteiger charge is 2.17. The molecule has 2 heterocycles. The van der Waals surface area contributed by atoms with E-state index in [4.69, 9.17) is 4.42 Å². The van der Waals surface area contributed by atoms with Crippen molar-refractivity contribution in [2.45, 2.75) is 32.1 Å². The number of anilines is 1. The van der Waals surface area contributed by atoms with Crippen molar-refractivity contribution < 1.29 is 4.42 Å². The van der Waals surface area contributed by atoms with Crippen molar-refractivity contribution in [2.75, 3.05) is 11.9 Å². The number of aromatic nitrogens is 2. The molecule has 1 saturated carbocycles. The summed E-state index contributed by atoms with van der Waals surface area (Å²) in [6, 6.07) is 5.78. The fourth-order valence-electron chi connectivity index (χ4n) is 2.86. The quantitative estimate of drug-likeness (QED) is 0.927. The van der Waals surface area contributed by atoms with Crippen molar-refractivity contribution in [3.63, 3.8) is 0 Å². The summed E-state index contributed by atoms with van der Waals surface area (Å²) < 4.78 is 5.34. The summed E-state index contributed by atoms with van der Waals surface area (Å²) in [7, 11) is 0. The summed E-state index contributed by atoms with van der Waals surface area (Å²) in [6.07, 6.45) is 9.51. The first kappa shape index (κ1) is 13.6. The molecule has 21 heavy (non-hydrogen) atoms. The van der Waals surface area contributed by atoms with E-state index in [9.17, 15) is 5.26 Å². The number of nitrogens with zero attached hydrogens (tertiary/aromatic N) is 3. The highest BCUT2D eigenvalue weighted by atomic mass is 16.3. The van der Waals surface area contributed by atoms with E-state index in [1.54, 1.807) is 18.4 Å². The third kappa shape index (κ3) is 3.05. The first-order valence-corrected chi connectivity index (χ1v) is 7.41. The normalized spacial score (nSPS) is 15.6. The SMILES string of the molecule is N#Cc1c(NCC2CCCCC2)ncnc1-c1ccco1. The van der Waals surface area contributed by atoms with Crippen LogP contribution >= 0.6 is 0 Å². The van der Waals surface area contributed by atoms with Crippen LogP contribution in [0, 0.1) is 17.2 Å². The van der Waals surface area contributed by atoms with Crippen molar-refractivity contribution in [1.29, 1.82) is 5.26 Å². The Kier molecular flexibility index (Phi) is 4.15. The van der Waals surface area contributed by atoms with Gasteiger partial charge in [-0.3, -0.25) is 0 Å². The first-order chi connectivity index (χ1) is 10.4. The predicted octanol–water partition coefficient (Wildman–Crippen LogP) is 3.60. The average Bonchev–Trinajstić information content (AvgIpc) is 3.07. The molecule has 5 heteroatoms. The van der Waals surface area contributed by atoms with Gasteiger partial charge in [0.15, 0.2) is 5.76 Å². The van der Waals surface area contributed by atoms with Crippen molar-refractivity contribution in [3.05, 3.63) is 30.3 Å². The number of nitriles is 1. The Morgan fingerprint density at radius 3 is 2.86 bits per heavy atom. The van der Waals surface area contributed by atoms with Gasteiger partial charge in [0.05, 0.1) is 6.26 Å². The van der Waals surface area contributed by atoms with Crippen LogP contribution < -0.4 is 5.32 Å². The van der Waals surface area contributed by atoms with Gasteiger partial charge in [-0.2, -0.15) is 5.26 Å². The second-order valence-corrected chi connectivity index (χ2v) is 5.42. The van der Waals surface area contributed by atoms with E-state index in [1.807, 2.05) is 0 Å². The van der Waals surface area contributed by atoms with Gasteiger partial charge >= 0.3 is 0 Å². The van der Waals surface area contributed by atoms with Gasteiger partial charge in [-0.25, -0.2) is 9.97 Å². The molecule has 0 saturated heterocycles. The second kappa shape index (κ2) is 6.40. The third-order valence-corrected chi connectivity index (χ3v) is 4.00. The molecule has 2 aromatic rings. The average molecular weight is 282 g/mol. The molecule has 2 aromatic heterocycles. The lowest BCUT2D eigenvalue weighted by molar-refractivity contribution is 0.373. The largest absolute Gasteiger partial charge is 0.463 e. The highest BCUT2D eigenvalue weighted by molar-refractivity contribution is 5.69. The van der Waals surface area contributed by atoms with Crippen LogP contribution in [0.1, 0.15) is 37.7 Å². The van der Waals surface area contributed by atoms with E-state index in [0.29, 0.717) is 28.8 Å². The molecule has 0 aromatic carbocycles. The Hall–Kier alpha value is -2.35. The van der Waals surface area contributed by atoms with Gasteiger partial charge < -0.3 is 9.73 Å². The van der Waals surface area contributed by atoms with E-state index in [0.717, 1.165) is 6.54 Å². The Balaban J connectivity index is 1.79. The molecular formula is C16H18N4O. The number of rotatable bonds is 4. The minimum Gasteiger partial charge on any atom is -0.463 e. The summed E-state index contributed by atoms with van der Waals surface area (Å²) in [4.78, 5) is 8.40. The zero-order valence-corrected chi connectivity index (χ0v) is 11.9. The van der Waals surface area contributed by atoms with E-state index < -0.39 is 0 Å². The lowest BCUT2D eigenvalue weighted by atomic mass is 9.89. The second-order valence-electron chi connectivity index (χ2n) is 5.42. The van der Waals surface area contributed by atoms with Crippen LogP contribution in [-0.2, 0) is 0 Å². The molecule has 1 aliphatic rings. The van der Waals surface area contributed by atoms with Crippen LogP contribution in [0.2, 0.25) is 0 Å². The van der Waals surface area contributed by atoms with Crippen molar-refractivity contribution >= 4 is 5.82 Å². The summed E-state index contributed by atoms with van der Waals surface area (Å²) >= 11 is 0. The number of furan rings is 1. The molecule has 0 spiro atoms. The van der Waals surface area contributed by atoms with Gasteiger partial charge in [0, 0.05) is 6.54 Å². The summed E-state index contributed by atoms with van der Waals surface area (Å²) in [5, 5.41) is 12.7. The smallest absolute Gasteiger partial charge is 0.153 e. The fraction of sp³-hybridized carbons (Fsp3) is 0.438. The number of nitrogens with one attached hydrogen (secondary N) is 1. The molecule has 3 rings (SSSR count). The van der Waals surface area contributed by atoms with E-state index in [1.165, 1.54) is 38.4 Å². The topological polar surface area (TPSA) is 74.7 Å². The molecule has 1 fully saturated rings.